The average Bonchev–Trinajstić information content (AvgIpc) is 3.09. The molecule has 4 rings (SSSR count). The molecule has 1 aliphatic heterocycles. The van der Waals surface area contributed by atoms with Crippen molar-refractivity contribution in [2.24, 2.45) is 0 Å². The van der Waals surface area contributed by atoms with Crippen molar-refractivity contribution in [1.82, 2.24) is 14.5 Å². The summed E-state index contributed by atoms with van der Waals surface area (Å²) in [7, 11) is 1.61. The highest BCUT2D eigenvalue weighted by Crippen LogP contribution is 2.34. The number of methoxy groups -OCH3 is 1. The number of aliphatic hydroxyl groups is 1. The van der Waals surface area contributed by atoms with E-state index in [-0.39, 0.29) is 12.2 Å². The van der Waals surface area contributed by atoms with E-state index in [0.29, 0.717) is 16.7 Å². The van der Waals surface area contributed by atoms with Gasteiger partial charge in [0.15, 0.2) is 5.16 Å². The minimum Gasteiger partial charge on any atom is -0.497 e. The molecule has 1 aromatic carbocycles. The third-order valence-corrected chi connectivity index (χ3v) is 7.03. The summed E-state index contributed by atoms with van der Waals surface area (Å²) in [5.74, 6) is 1.17. The van der Waals surface area contributed by atoms with E-state index in [1.54, 1.807) is 23.0 Å². The number of thiophene rings is 1. The van der Waals surface area contributed by atoms with E-state index in [1.165, 1.54) is 16.6 Å². The Morgan fingerprint density at radius 2 is 2.25 bits per heavy atom. The van der Waals surface area contributed by atoms with Gasteiger partial charge in [-0.2, -0.15) is 0 Å². The van der Waals surface area contributed by atoms with Gasteiger partial charge in [-0.05, 0) is 30.7 Å². The zero-order valence-corrected chi connectivity index (χ0v) is 17.6. The lowest BCUT2D eigenvalue weighted by Crippen LogP contribution is -2.30. The van der Waals surface area contributed by atoms with Crippen LogP contribution in [0.25, 0.3) is 15.9 Å². The molecule has 0 saturated carbocycles. The number of rotatable bonds is 6. The van der Waals surface area contributed by atoms with Crippen LogP contribution in [0.5, 0.6) is 5.75 Å². The second-order valence-electron chi connectivity index (χ2n) is 6.61. The van der Waals surface area contributed by atoms with Crippen LogP contribution >= 0.6 is 23.1 Å². The van der Waals surface area contributed by atoms with Gasteiger partial charge in [0.05, 0.1) is 24.8 Å². The molecule has 3 heterocycles. The molecule has 0 saturated heterocycles. The highest BCUT2D eigenvalue weighted by molar-refractivity contribution is 7.99. The lowest BCUT2D eigenvalue weighted by Gasteiger charge is -2.25. The second kappa shape index (κ2) is 8.24. The van der Waals surface area contributed by atoms with Crippen LogP contribution in [0.2, 0.25) is 0 Å². The summed E-state index contributed by atoms with van der Waals surface area (Å²) in [6.45, 7) is 5.05. The Morgan fingerprint density at radius 1 is 1.39 bits per heavy atom. The smallest absolute Gasteiger partial charge is 0.267 e. The van der Waals surface area contributed by atoms with Crippen LogP contribution in [0, 0.1) is 0 Å². The van der Waals surface area contributed by atoms with Gasteiger partial charge in [-0.3, -0.25) is 14.3 Å². The number of aromatic nitrogens is 2. The van der Waals surface area contributed by atoms with Gasteiger partial charge in [0.25, 0.3) is 5.56 Å². The molecule has 0 radical (unpaired) electrons. The van der Waals surface area contributed by atoms with Gasteiger partial charge in [-0.25, -0.2) is 4.98 Å². The van der Waals surface area contributed by atoms with Crippen molar-refractivity contribution in [3.8, 4) is 11.4 Å². The van der Waals surface area contributed by atoms with Crippen LogP contribution in [0.3, 0.4) is 0 Å². The summed E-state index contributed by atoms with van der Waals surface area (Å²) in [6, 6.07) is 7.45. The maximum absolute atomic E-state index is 13.6. The summed E-state index contributed by atoms with van der Waals surface area (Å²) in [5.41, 5.74) is 1.84. The fraction of sp³-hybridized carbons (Fsp3) is 0.400. The zero-order chi connectivity index (χ0) is 19.7. The van der Waals surface area contributed by atoms with Crippen LogP contribution in [-0.2, 0) is 13.0 Å². The molecule has 1 N–H and O–H groups in total. The molecule has 0 spiro atoms. The van der Waals surface area contributed by atoms with E-state index >= 15 is 0 Å². The molecular formula is C20H23N3O3S2. The molecule has 0 fully saturated rings. The summed E-state index contributed by atoms with van der Waals surface area (Å²) in [5, 5.41) is 10.6. The average molecular weight is 418 g/mol. The summed E-state index contributed by atoms with van der Waals surface area (Å²) in [4.78, 5) is 22.9. The summed E-state index contributed by atoms with van der Waals surface area (Å²) < 4.78 is 7.00. The first-order valence-corrected chi connectivity index (χ1v) is 11.1. The predicted molar refractivity (Wildman–Crippen MR) is 114 cm³/mol. The molecule has 0 atom stereocenters. The van der Waals surface area contributed by atoms with E-state index in [2.05, 4.69) is 11.8 Å². The quantitative estimate of drug-likeness (QED) is 0.491. The van der Waals surface area contributed by atoms with Gasteiger partial charge in [-0.15, -0.1) is 11.3 Å². The van der Waals surface area contributed by atoms with Gasteiger partial charge < -0.3 is 9.84 Å². The first-order valence-electron chi connectivity index (χ1n) is 9.34. The topological polar surface area (TPSA) is 67.6 Å². The Hall–Kier alpha value is -1.87. The third-order valence-electron chi connectivity index (χ3n) is 5.00. The second-order valence-corrected chi connectivity index (χ2v) is 8.76. The van der Waals surface area contributed by atoms with Gasteiger partial charge in [0.1, 0.15) is 10.6 Å². The Morgan fingerprint density at radius 3 is 3.00 bits per heavy atom. The number of benzene rings is 1. The highest BCUT2D eigenvalue weighted by atomic mass is 32.2. The van der Waals surface area contributed by atoms with Crippen LogP contribution in [0.15, 0.2) is 34.2 Å². The normalized spacial score (nSPS) is 14.4. The Labute approximate surface area is 171 Å². The maximum atomic E-state index is 13.6. The SMILES string of the molecule is CCN1CCc2c(sc3nc(SCCO)n(-c4cccc(OC)c4)c(=O)c23)C1. The Kier molecular flexibility index (Phi) is 5.73. The predicted octanol–water partition coefficient (Wildman–Crippen LogP) is 2.92. The molecule has 148 valence electrons. The summed E-state index contributed by atoms with van der Waals surface area (Å²) in [6.07, 6.45) is 0.876. The van der Waals surface area contributed by atoms with E-state index < -0.39 is 0 Å². The van der Waals surface area contributed by atoms with Gasteiger partial charge >= 0.3 is 0 Å². The van der Waals surface area contributed by atoms with Crippen molar-refractivity contribution in [1.29, 1.82) is 0 Å². The number of hydrogen-bond acceptors (Lipinski definition) is 7. The van der Waals surface area contributed by atoms with Crippen LogP contribution < -0.4 is 10.3 Å². The molecule has 0 amide bonds. The Bertz CT molecular complexity index is 1060. The lowest BCUT2D eigenvalue weighted by atomic mass is 10.1. The zero-order valence-electron chi connectivity index (χ0n) is 16.0. The van der Waals surface area contributed by atoms with E-state index in [0.717, 1.165) is 47.5 Å². The molecule has 28 heavy (non-hydrogen) atoms. The van der Waals surface area contributed by atoms with Gasteiger partial charge in [0, 0.05) is 29.8 Å². The van der Waals surface area contributed by atoms with Crippen molar-refractivity contribution in [2.45, 2.75) is 25.0 Å². The first-order chi connectivity index (χ1) is 13.7. The molecule has 3 aromatic rings. The van der Waals surface area contributed by atoms with Crippen molar-refractivity contribution < 1.29 is 9.84 Å². The van der Waals surface area contributed by atoms with Crippen molar-refractivity contribution in [3.63, 3.8) is 0 Å². The molecule has 1 aliphatic rings. The van der Waals surface area contributed by atoms with Gasteiger partial charge in [0.2, 0.25) is 0 Å². The maximum Gasteiger partial charge on any atom is 0.267 e. The number of nitrogens with zero attached hydrogens (tertiary/aromatic N) is 3. The lowest BCUT2D eigenvalue weighted by molar-refractivity contribution is 0.272. The first kappa shape index (κ1) is 19.4. The Balaban J connectivity index is 1.94. The highest BCUT2D eigenvalue weighted by Gasteiger charge is 2.25. The number of thioether (sulfide) groups is 1. The minimum atomic E-state index is -0.0406. The summed E-state index contributed by atoms with van der Waals surface area (Å²) >= 11 is 3.02. The van der Waals surface area contributed by atoms with Crippen LogP contribution in [0.4, 0.5) is 0 Å². The molecule has 6 nitrogen and oxygen atoms in total. The molecule has 0 bridgehead atoms. The molecule has 0 unspecified atom stereocenters. The largest absolute Gasteiger partial charge is 0.497 e. The number of hydrogen-bond donors (Lipinski definition) is 1. The minimum absolute atomic E-state index is 0.0308. The van der Waals surface area contributed by atoms with Crippen molar-refractivity contribution in [3.05, 3.63) is 45.1 Å². The molecule has 0 aliphatic carbocycles. The van der Waals surface area contributed by atoms with Crippen LogP contribution in [0.1, 0.15) is 17.4 Å². The van der Waals surface area contributed by atoms with E-state index in [1.807, 2.05) is 24.3 Å². The van der Waals surface area contributed by atoms with E-state index in [9.17, 15) is 9.90 Å². The van der Waals surface area contributed by atoms with Crippen LogP contribution in [-0.4, -0.2) is 52.1 Å². The third kappa shape index (κ3) is 3.45. The van der Waals surface area contributed by atoms with Crippen molar-refractivity contribution >= 4 is 33.3 Å². The molecule has 2 aromatic heterocycles. The number of aliphatic hydroxyl groups excluding tert-OH is 1. The molecule has 8 heteroatoms. The fourth-order valence-corrected chi connectivity index (χ4v) is 5.62. The van der Waals surface area contributed by atoms with Gasteiger partial charge in [-0.1, -0.05) is 24.8 Å². The number of ether oxygens (including phenoxy) is 1. The monoisotopic (exact) mass is 417 g/mol. The fourth-order valence-electron chi connectivity index (χ4n) is 3.56. The van der Waals surface area contributed by atoms with E-state index in [4.69, 9.17) is 9.72 Å². The van der Waals surface area contributed by atoms with Crippen molar-refractivity contribution in [2.75, 3.05) is 32.6 Å². The number of fused-ring (bicyclic) bond motifs is 3. The standard InChI is InChI=1S/C20H23N3O3S2/c1-3-22-8-7-15-16(12-22)28-18-17(15)19(25)23(20(21-18)27-10-9-24)13-5-4-6-14(11-13)26-2/h4-6,11,24H,3,7-10,12H2,1-2H3. The molecular weight excluding hydrogens is 394 g/mol. The number of likely N-dealkylation sites (N-methyl/N-ethyl adjacent to an activating group) is 1.